The Labute approximate surface area is 182 Å². The number of unbranched alkanes of at least 4 members (excludes halogenated alkanes) is 1. The minimum atomic E-state index is -0.339. The van der Waals surface area contributed by atoms with Crippen molar-refractivity contribution in [2.75, 3.05) is 6.61 Å². The van der Waals surface area contributed by atoms with Gasteiger partial charge in [-0.25, -0.2) is 0 Å². The van der Waals surface area contributed by atoms with E-state index in [1.165, 1.54) is 41.6 Å². The summed E-state index contributed by atoms with van der Waals surface area (Å²) in [7, 11) is 0. The molecule has 0 amide bonds. The first-order valence-corrected chi connectivity index (χ1v) is 11.2. The van der Waals surface area contributed by atoms with E-state index in [0.717, 1.165) is 62.1 Å². The molecule has 0 saturated carbocycles. The number of nitrogens with zero attached hydrogens (tertiary/aromatic N) is 2. The molecule has 0 spiro atoms. The summed E-state index contributed by atoms with van der Waals surface area (Å²) in [4.78, 5) is 9.71. The zero-order valence-electron chi connectivity index (χ0n) is 18.1. The molecule has 1 aliphatic carbocycles. The van der Waals surface area contributed by atoms with Crippen LogP contribution in [0.3, 0.4) is 0 Å². The van der Waals surface area contributed by atoms with Crippen molar-refractivity contribution in [1.29, 1.82) is 0 Å². The molecule has 3 nitrogen and oxygen atoms in total. The topological polar surface area (TPSA) is 35.0 Å². The van der Waals surface area contributed by atoms with Gasteiger partial charge in [-0.3, -0.25) is 9.97 Å². The Morgan fingerprint density at radius 2 is 2.00 bits per heavy atom. The molecule has 3 heterocycles. The Morgan fingerprint density at radius 1 is 1.17 bits per heavy atom. The molecular weight excluding hydrogens is 368 g/mol. The highest BCUT2D eigenvalue weighted by Crippen LogP contribution is 2.42. The summed E-state index contributed by atoms with van der Waals surface area (Å²) < 4.78 is 6.27. The van der Waals surface area contributed by atoms with E-state index in [2.05, 4.69) is 49.7 Å². The lowest BCUT2D eigenvalue weighted by atomic mass is 9.85. The van der Waals surface area contributed by atoms with Crippen LogP contribution in [0.4, 0.5) is 0 Å². The van der Waals surface area contributed by atoms with Crippen LogP contribution in [0.25, 0.3) is 11.1 Å². The van der Waals surface area contributed by atoms with E-state index < -0.39 is 0 Å². The number of aryl methyl sites for hydroxylation is 2. The second kappa shape index (κ2) is 9.75. The smallest absolute Gasteiger partial charge is 0.109 e. The van der Waals surface area contributed by atoms with Crippen molar-refractivity contribution in [2.45, 2.75) is 91.6 Å². The fraction of sp³-hybridized carbons (Fsp3) is 0.556. The second-order valence-corrected chi connectivity index (χ2v) is 8.62. The number of hydrogen-bond acceptors (Lipinski definition) is 3. The van der Waals surface area contributed by atoms with E-state index in [1.54, 1.807) is 0 Å². The maximum absolute atomic E-state index is 6.27. The van der Waals surface area contributed by atoms with Crippen molar-refractivity contribution in [3.05, 3.63) is 46.5 Å². The van der Waals surface area contributed by atoms with Crippen LogP contribution in [0.15, 0.2) is 18.3 Å². The van der Waals surface area contributed by atoms with Crippen LogP contribution < -0.4 is 0 Å². The summed E-state index contributed by atoms with van der Waals surface area (Å²) in [6.07, 6.45) is 11.8. The standard InChI is InChI=1S/C26H32N2O.CH4/c1-4-5-7-12-22-24(20-14-16-27-19(2)18-20)21-11-8-6-9-13-23(21)28-25(22)26(3)15-10-17-29-26;/h14,16,18H,4-6,8-11,13,15,17H2,1-3H3;1H4/t26-;/m1./s1. The van der Waals surface area contributed by atoms with Crippen molar-refractivity contribution in [3.8, 4) is 23.0 Å². The highest BCUT2D eigenvalue weighted by atomic mass is 16.5. The summed E-state index contributed by atoms with van der Waals surface area (Å²) >= 11 is 0. The zero-order valence-corrected chi connectivity index (χ0v) is 18.1. The van der Waals surface area contributed by atoms with Gasteiger partial charge in [0.05, 0.1) is 11.3 Å². The number of ether oxygens (including phenoxy) is 1. The predicted molar refractivity (Wildman–Crippen MR) is 125 cm³/mol. The number of rotatable bonds is 3. The maximum atomic E-state index is 6.27. The molecule has 2 aliphatic rings. The summed E-state index contributed by atoms with van der Waals surface area (Å²) in [5.41, 5.74) is 8.03. The van der Waals surface area contributed by atoms with Gasteiger partial charge in [-0.1, -0.05) is 32.6 Å². The fourth-order valence-electron chi connectivity index (χ4n) is 4.68. The van der Waals surface area contributed by atoms with Gasteiger partial charge in [-0.15, -0.1) is 0 Å². The normalized spacial score (nSPS) is 20.5. The van der Waals surface area contributed by atoms with Gasteiger partial charge in [-0.05, 0) is 82.1 Å². The first kappa shape index (κ1) is 22.5. The van der Waals surface area contributed by atoms with Crippen LogP contribution in [0, 0.1) is 18.8 Å². The average Bonchev–Trinajstić information content (AvgIpc) is 3.02. The Hall–Kier alpha value is -2.18. The molecule has 30 heavy (non-hydrogen) atoms. The second-order valence-electron chi connectivity index (χ2n) is 8.62. The number of pyridine rings is 2. The molecule has 1 atom stereocenters. The minimum Gasteiger partial charge on any atom is -0.369 e. The van der Waals surface area contributed by atoms with Gasteiger partial charge in [-0.2, -0.15) is 0 Å². The van der Waals surface area contributed by atoms with Gasteiger partial charge >= 0.3 is 0 Å². The highest BCUT2D eigenvalue weighted by Gasteiger charge is 2.37. The molecule has 1 fully saturated rings. The first-order chi connectivity index (χ1) is 14.1. The van der Waals surface area contributed by atoms with Crippen molar-refractivity contribution < 1.29 is 4.74 Å². The van der Waals surface area contributed by atoms with Crippen LogP contribution in [0.5, 0.6) is 0 Å². The molecule has 2 aromatic heterocycles. The van der Waals surface area contributed by atoms with Gasteiger partial charge in [0.25, 0.3) is 0 Å². The van der Waals surface area contributed by atoms with Crippen LogP contribution in [-0.4, -0.2) is 16.6 Å². The Morgan fingerprint density at radius 3 is 2.73 bits per heavy atom. The first-order valence-electron chi connectivity index (χ1n) is 11.2. The van der Waals surface area contributed by atoms with Crippen LogP contribution in [-0.2, 0) is 23.2 Å². The van der Waals surface area contributed by atoms with Gasteiger partial charge in [0.15, 0.2) is 0 Å². The lowest BCUT2D eigenvalue weighted by Gasteiger charge is -2.28. The lowest BCUT2D eigenvalue weighted by Crippen LogP contribution is -2.25. The Kier molecular flexibility index (Phi) is 7.32. The monoisotopic (exact) mass is 404 g/mol. The largest absolute Gasteiger partial charge is 0.369 e. The third-order valence-electron chi connectivity index (χ3n) is 6.22. The highest BCUT2D eigenvalue weighted by molar-refractivity contribution is 5.77. The molecular formula is C27H36N2O. The molecule has 0 N–H and O–H groups in total. The minimum absolute atomic E-state index is 0. The average molecular weight is 405 g/mol. The zero-order chi connectivity index (χ0) is 20.3. The van der Waals surface area contributed by atoms with E-state index in [9.17, 15) is 0 Å². The molecule has 0 unspecified atom stereocenters. The molecule has 4 rings (SSSR count). The van der Waals surface area contributed by atoms with Gasteiger partial charge in [0, 0.05) is 36.2 Å². The van der Waals surface area contributed by atoms with Crippen molar-refractivity contribution in [3.63, 3.8) is 0 Å². The molecule has 1 saturated heterocycles. The van der Waals surface area contributed by atoms with Crippen LogP contribution >= 0.6 is 0 Å². The SMILES string of the molecule is C.CCCC#Cc1c([C@@]2(C)CCCO2)nc2c(c1-c1ccnc(C)c1)CCCCC2. The van der Waals surface area contributed by atoms with E-state index in [0.29, 0.717) is 0 Å². The maximum Gasteiger partial charge on any atom is 0.109 e. The van der Waals surface area contributed by atoms with Crippen molar-refractivity contribution in [2.24, 2.45) is 0 Å². The van der Waals surface area contributed by atoms with Crippen molar-refractivity contribution >= 4 is 0 Å². The predicted octanol–water partition coefficient (Wildman–Crippen LogP) is 6.53. The summed E-state index contributed by atoms with van der Waals surface area (Å²) in [6.45, 7) is 7.26. The third-order valence-corrected chi connectivity index (χ3v) is 6.22. The Balaban J connectivity index is 0.00000256. The molecule has 0 radical (unpaired) electrons. The number of hydrogen-bond donors (Lipinski definition) is 0. The molecule has 3 heteroatoms. The van der Waals surface area contributed by atoms with Crippen LogP contribution in [0.2, 0.25) is 0 Å². The van der Waals surface area contributed by atoms with E-state index in [-0.39, 0.29) is 13.0 Å². The van der Waals surface area contributed by atoms with Crippen molar-refractivity contribution in [1.82, 2.24) is 9.97 Å². The summed E-state index contributed by atoms with van der Waals surface area (Å²) in [5, 5.41) is 0. The fourth-order valence-corrected chi connectivity index (χ4v) is 4.68. The quantitative estimate of drug-likeness (QED) is 0.431. The molecule has 0 aromatic carbocycles. The van der Waals surface area contributed by atoms with E-state index >= 15 is 0 Å². The molecule has 2 aromatic rings. The Bertz CT molecular complexity index is 945. The summed E-state index contributed by atoms with van der Waals surface area (Å²) in [5.74, 6) is 6.98. The van der Waals surface area contributed by atoms with E-state index in [1.807, 2.05) is 6.20 Å². The van der Waals surface area contributed by atoms with E-state index in [4.69, 9.17) is 9.72 Å². The number of aromatic nitrogens is 2. The van der Waals surface area contributed by atoms with Gasteiger partial charge in [0.1, 0.15) is 5.60 Å². The van der Waals surface area contributed by atoms with Gasteiger partial charge in [0.2, 0.25) is 0 Å². The summed E-state index contributed by atoms with van der Waals surface area (Å²) in [6, 6.07) is 4.34. The van der Waals surface area contributed by atoms with Gasteiger partial charge < -0.3 is 4.74 Å². The third kappa shape index (κ3) is 4.44. The molecule has 160 valence electrons. The molecule has 0 bridgehead atoms. The number of fused-ring (bicyclic) bond motifs is 1. The lowest BCUT2D eigenvalue weighted by molar-refractivity contribution is 0.0129. The molecule has 1 aliphatic heterocycles. The van der Waals surface area contributed by atoms with Crippen LogP contribution in [0.1, 0.15) is 94.4 Å².